The number of hydrogen-bond acceptors (Lipinski definition) is 4. The zero-order chi connectivity index (χ0) is 14.4. The van der Waals surface area contributed by atoms with E-state index in [2.05, 4.69) is 27.0 Å². The van der Waals surface area contributed by atoms with E-state index in [1.807, 2.05) is 7.05 Å². The molecule has 4 nitrogen and oxygen atoms in total. The minimum Gasteiger partial charge on any atom is -0.312 e. The molecule has 1 N–H and O–H groups in total. The van der Waals surface area contributed by atoms with Gasteiger partial charge in [0, 0.05) is 32.7 Å². The van der Waals surface area contributed by atoms with E-state index in [9.17, 15) is 4.39 Å². The molecule has 2 heterocycles. The first kappa shape index (κ1) is 15.4. The first-order valence-corrected chi connectivity index (χ1v) is 7.46. The molecule has 1 atom stereocenters. The van der Waals surface area contributed by atoms with Gasteiger partial charge in [-0.15, -0.1) is 0 Å². The van der Waals surface area contributed by atoms with Crippen LogP contribution >= 0.6 is 0 Å². The fraction of sp³-hybridized carbons (Fsp3) is 0.667. The van der Waals surface area contributed by atoms with Crippen molar-refractivity contribution in [1.82, 2.24) is 20.1 Å². The maximum absolute atomic E-state index is 12.9. The zero-order valence-corrected chi connectivity index (χ0v) is 12.5. The van der Waals surface area contributed by atoms with Crippen LogP contribution in [0.4, 0.5) is 4.39 Å². The summed E-state index contributed by atoms with van der Waals surface area (Å²) in [6.07, 6.45) is 2.29. The summed E-state index contributed by atoms with van der Waals surface area (Å²) in [6.45, 7) is 9.02. The molecule has 1 aliphatic rings. The summed E-state index contributed by atoms with van der Waals surface area (Å²) in [7, 11) is 1.94. The molecular formula is C15H25FN4. The first-order valence-electron chi connectivity index (χ1n) is 7.46. The van der Waals surface area contributed by atoms with Crippen molar-refractivity contribution in [2.75, 3.05) is 46.3 Å². The number of piperazine rings is 1. The van der Waals surface area contributed by atoms with Gasteiger partial charge in [-0.1, -0.05) is 6.92 Å². The maximum atomic E-state index is 12.9. The van der Waals surface area contributed by atoms with Crippen molar-refractivity contribution in [2.24, 2.45) is 0 Å². The fourth-order valence-corrected chi connectivity index (χ4v) is 2.67. The van der Waals surface area contributed by atoms with Crippen LogP contribution in [0.5, 0.6) is 0 Å². The molecule has 2 rings (SSSR count). The van der Waals surface area contributed by atoms with Gasteiger partial charge in [-0.05, 0) is 32.1 Å². The topological polar surface area (TPSA) is 31.4 Å². The second-order valence-corrected chi connectivity index (χ2v) is 5.31. The molecule has 1 aromatic heterocycles. The third-order valence-electron chi connectivity index (χ3n) is 4.10. The van der Waals surface area contributed by atoms with E-state index in [0.717, 1.165) is 51.4 Å². The van der Waals surface area contributed by atoms with Crippen LogP contribution in [0, 0.1) is 5.82 Å². The highest BCUT2D eigenvalue weighted by molar-refractivity contribution is 5.09. The number of nitrogens with zero attached hydrogens (tertiary/aromatic N) is 3. The zero-order valence-electron chi connectivity index (χ0n) is 12.5. The smallest absolute Gasteiger partial charge is 0.141 e. The van der Waals surface area contributed by atoms with Gasteiger partial charge in [0.2, 0.25) is 0 Å². The van der Waals surface area contributed by atoms with Gasteiger partial charge in [0.25, 0.3) is 0 Å². The molecule has 0 bridgehead atoms. The maximum Gasteiger partial charge on any atom is 0.141 e. The average Bonchev–Trinajstić information content (AvgIpc) is 2.50. The first-order chi connectivity index (χ1) is 9.72. The molecule has 1 aromatic rings. The van der Waals surface area contributed by atoms with Crippen LogP contribution < -0.4 is 5.32 Å². The highest BCUT2D eigenvalue weighted by atomic mass is 19.1. The predicted octanol–water partition coefficient (Wildman–Crippen LogP) is 1.51. The quantitative estimate of drug-likeness (QED) is 0.856. The molecule has 0 saturated carbocycles. The largest absolute Gasteiger partial charge is 0.312 e. The highest BCUT2D eigenvalue weighted by Crippen LogP contribution is 2.15. The van der Waals surface area contributed by atoms with E-state index < -0.39 is 0 Å². The lowest BCUT2D eigenvalue weighted by atomic mass is 10.1. The lowest BCUT2D eigenvalue weighted by Gasteiger charge is -2.34. The van der Waals surface area contributed by atoms with Crippen molar-refractivity contribution in [3.05, 3.63) is 29.8 Å². The minimum atomic E-state index is -0.278. The van der Waals surface area contributed by atoms with Crippen LogP contribution in [0.1, 0.15) is 25.1 Å². The van der Waals surface area contributed by atoms with E-state index >= 15 is 0 Å². The van der Waals surface area contributed by atoms with Crippen LogP contribution in [-0.4, -0.2) is 61.1 Å². The van der Waals surface area contributed by atoms with Gasteiger partial charge in [0.15, 0.2) is 0 Å². The van der Waals surface area contributed by atoms with E-state index in [1.165, 1.54) is 12.3 Å². The van der Waals surface area contributed by atoms with Crippen molar-refractivity contribution in [2.45, 2.75) is 19.4 Å². The summed E-state index contributed by atoms with van der Waals surface area (Å²) in [4.78, 5) is 9.15. The summed E-state index contributed by atoms with van der Waals surface area (Å²) < 4.78 is 12.9. The Morgan fingerprint density at radius 1 is 1.25 bits per heavy atom. The third-order valence-corrected chi connectivity index (χ3v) is 4.10. The predicted molar refractivity (Wildman–Crippen MR) is 79.2 cm³/mol. The molecule has 1 aliphatic heterocycles. The molecule has 1 unspecified atom stereocenters. The molecule has 0 aliphatic carbocycles. The summed E-state index contributed by atoms with van der Waals surface area (Å²) in [6, 6.07) is 3.44. The Bertz CT molecular complexity index is 387. The van der Waals surface area contributed by atoms with Crippen LogP contribution in [0.25, 0.3) is 0 Å². The average molecular weight is 280 g/mol. The van der Waals surface area contributed by atoms with Crippen molar-refractivity contribution >= 4 is 0 Å². The van der Waals surface area contributed by atoms with E-state index in [4.69, 9.17) is 0 Å². The number of rotatable bonds is 6. The number of likely N-dealkylation sites (N-methyl/N-ethyl adjacent to an activating group) is 1. The Kier molecular flexibility index (Phi) is 5.88. The Morgan fingerprint density at radius 3 is 2.50 bits per heavy atom. The molecule has 0 aromatic carbocycles. The molecule has 1 fully saturated rings. The lowest BCUT2D eigenvalue weighted by Crippen LogP contribution is -2.46. The normalized spacial score (nSPS) is 19.1. The van der Waals surface area contributed by atoms with Crippen LogP contribution in [-0.2, 0) is 0 Å². The van der Waals surface area contributed by atoms with Gasteiger partial charge in [-0.3, -0.25) is 4.98 Å². The van der Waals surface area contributed by atoms with Crippen LogP contribution in [0.15, 0.2) is 18.3 Å². The number of hydrogen-bond donors (Lipinski definition) is 1. The van der Waals surface area contributed by atoms with Gasteiger partial charge >= 0.3 is 0 Å². The molecule has 5 heteroatoms. The Morgan fingerprint density at radius 2 is 1.95 bits per heavy atom. The second kappa shape index (κ2) is 7.67. The second-order valence-electron chi connectivity index (χ2n) is 5.31. The Hall–Kier alpha value is -1.04. The standard InChI is InChI=1S/C15H25FN4/c1-3-19-8-10-20(11-9-19)7-6-14(17-2)15-5-4-13(16)12-18-15/h4-5,12,14,17H,3,6-11H2,1-2H3. The number of aromatic nitrogens is 1. The van der Waals surface area contributed by atoms with E-state index in [1.54, 1.807) is 6.07 Å². The van der Waals surface area contributed by atoms with Crippen LogP contribution in [0.2, 0.25) is 0 Å². The van der Waals surface area contributed by atoms with E-state index in [-0.39, 0.29) is 11.9 Å². The van der Waals surface area contributed by atoms with Gasteiger partial charge < -0.3 is 15.1 Å². The highest BCUT2D eigenvalue weighted by Gasteiger charge is 2.17. The SMILES string of the molecule is CCN1CCN(CCC(NC)c2ccc(F)cn2)CC1. The van der Waals surface area contributed by atoms with Crippen molar-refractivity contribution in [1.29, 1.82) is 0 Å². The van der Waals surface area contributed by atoms with Gasteiger partial charge in [0.05, 0.1) is 17.9 Å². The summed E-state index contributed by atoms with van der Waals surface area (Å²) in [5, 5.41) is 3.28. The Labute approximate surface area is 121 Å². The van der Waals surface area contributed by atoms with E-state index in [0.29, 0.717) is 0 Å². The fourth-order valence-electron chi connectivity index (χ4n) is 2.67. The number of pyridine rings is 1. The monoisotopic (exact) mass is 280 g/mol. The molecule has 0 spiro atoms. The number of halogens is 1. The molecule has 0 radical (unpaired) electrons. The molecule has 112 valence electrons. The molecule has 1 saturated heterocycles. The summed E-state index contributed by atoms with van der Waals surface area (Å²) >= 11 is 0. The number of nitrogens with one attached hydrogen (secondary N) is 1. The summed E-state index contributed by atoms with van der Waals surface area (Å²) in [5.41, 5.74) is 0.918. The lowest BCUT2D eigenvalue weighted by molar-refractivity contribution is 0.133. The third kappa shape index (κ3) is 4.23. The molecule has 0 amide bonds. The molecule has 20 heavy (non-hydrogen) atoms. The van der Waals surface area contributed by atoms with Crippen molar-refractivity contribution in [3.63, 3.8) is 0 Å². The van der Waals surface area contributed by atoms with Crippen molar-refractivity contribution < 1.29 is 4.39 Å². The minimum absolute atomic E-state index is 0.194. The van der Waals surface area contributed by atoms with Crippen molar-refractivity contribution in [3.8, 4) is 0 Å². The van der Waals surface area contributed by atoms with Crippen LogP contribution in [0.3, 0.4) is 0 Å². The van der Waals surface area contributed by atoms with Gasteiger partial charge in [-0.2, -0.15) is 0 Å². The van der Waals surface area contributed by atoms with Gasteiger partial charge in [-0.25, -0.2) is 4.39 Å². The molecular weight excluding hydrogens is 255 g/mol. The van der Waals surface area contributed by atoms with Gasteiger partial charge in [0.1, 0.15) is 5.82 Å². The Balaban J connectivity index is 1.81. The summed E-state index contributed by atoms with van der Waals surface area (Å²) in [5.74, 6) is -0.278.